The molecule has 1 fully saturated rings. The molecule has 0 aliphatic heterocycles. The lowest BCUT2D eigenvalue weighted by Gasteiger charge is -2.07. The van der Waals surface area contributed by atoms with Crippen LogP contribution >= 0.6 is 0 Å². The molecule has 2 rings (SSSR count). The summed E-state index contributed by atoms with van der Waals surface area (Å²) in [5, 5.41) is 8.60. The van der Waals surface area contributed by atoms with Crippen LogP contribution in [0.1, 0.15) is 18.4 Å². The quantitative estimate of drug-likeness (QED) is 0.832. The third-order valence-corrected chi connectivity index (χ3v) is 6.12. The second kappa shape index (κ2) is 5.15. The van der Waals surface area contributed by atoms with Gasteiger partial charge in [0.15, 0.2) is 9.84 Å². The predicted molar refractivity (Wildman–Crippen MR) is 72.3 cm³/mol. The van der Waals surface area contributed by atoms with Crippen molar-refractivity contribution in [3.63, 3.8) is 0 Å². The molecular formula is C14H16FNO3S. The fourth-order valence-corrected chi connectivity index (χ4v) is 4.86. The molecule has 1 aliphatic carbocycles. The van der Waals surface area contributed by atoms with Crippen molar-refractivity contribution in [3.05, 3.63) is 35.6 Å². The van der Waals surface area contributed by atoms with Crippen molar-refractivity contribution < 1.29 is 17.5 Å². The maximum atomic E-state index is 13.3. The average Bonchev–Trinajstić information content (AvgIpc) is 3.09. The van der Waals surface area contributed by atoms with Gasteiger partial charge in [-0.05, 0) is 17.7 Å². The second-order valence-electron chi connectivity index (χ2n) is 4.99. The highest BCUT2D eigenvalue weighted by Gasteiger charge is 2.71. The third kappa shape index (κ3) is 2.21. The average molecular weight is 297 g/mol. The Hall–Kier alpha value is -1.45. The van der Waals surface area contributed by atoms with Crippen molar-refractivity contribution in [1.82, 2.24) is 0 Å². The van der Waals surface area contributed by atoms with Crippen LogP contribution in [0, 0.1) is 22.6 Å². The summed E-state index contributed by atoms with van der Waals surface area (Å²) in [5.41, 5.74) is -0.581. The topological polar surface area (TPSA) is 67.2 Å². The molecule has 0 spiro atoms. The summed E-state index contributed by atoms with van der Waals surface area (Å²) >= 11 is 0. The second-order valence-corrected chi connectivity index (χ2v) is 7.40. The number of ether oxygens (including phenoxy) is 1. The standard InChI is InChI=1S/C14H16FNO3S/c1-3-20(17,18)13-12(14(13,8-16)9-19-2)10-5-4-6-11(15)7-10/h4-7,12-13H,3,9H2,1-2H3. The fraction of sp³-hybridized carbons (Fsp3) is 0.500. The largest absolute Gasteiger partial charge is 0.383 e. The summed E-state index contributed by atoms with van der Waals surface area (Å²) in [6, 6.07) is 7.84. The predicted octanol–water partition coefficient (Wildman–Crippen LogP) is 1.88. The van der Waals surface area contributed by atoms with E-state index in [1.54, 1.807) is 13.0 Å². The molecule has 0 heterocycles. The maximum Gasteiger partial charge on any atom is 0.155 e. The van der Waals surface area contributed by atoms with Gasteiger partial charge in [0.25, 0.3) is 0 Å². The van der Waals surface area contributed by atoms with E-state index in [0.717, 1.165) is 0 Å². The van der Waals surface area contributed by atoms with Gasteiger partial charge in [0.1, 0.15) is 11.2 Å². The summed E-state index contributed by atoms with van der Waals surface area (Å²) in [6.07, 6.45) is 0. The molecule has 1 aromatic carbocycles. The minimum absolute atomic E-state index is 0.0224. The van der Waals surface area contributed by atoms with Crippen molar-refractivity contribution in [1.29, 1.82) is 5.26 Å². The first-order chi connectivity index (χ1) is 9.43. The first-order valence-electron chi connectivity index (χ1n) is 6.30. The van der Waals surface area contributed by atoms with E-state index in [1.165, 1.54) is 25.3 Å². The Balaban J connectivity index is 2.48. The van der Waals surface area contributed by atoms with Crippen LogP contribution in [-0.4, -0.2) is 33.1 Å². The van der Waals surface area contributed by atoms with Crippen LogP contribution in [-0.2, 0) is 14.6 Å². The van der Waals surface area contributed by atoms with Crippen molar-refractivity contribution >= 4 is 9.84 Å². The van der Waals surface area contributed by atoms with Crippen LogP contribution in [0.4, 0.5) is 4.39 Å². The molecule has 1 aromatic rings. The molecule has 0 aromatic heterocycles. The molecule has 0 amide bonds. The molecule has 108 valence electrons. The Kier molecular flexibility index (Phi) is 3.85. The van der Waals surface area contributed by atoms with Crippen molar-refractivity contribution in [2.75, 3.05) is 19.5 Å². The lowest BCUT2D eigenvalue weighted by Crippen LogP contribution is -2.20. The van der Waals surface area contributed by atoms with Crippen molar-refractivity contribution in [3.8, 4) is 6.07 Å². The Labute approximate surface area is 118 Å². The summed E-state index contributed by atoms with van der Waals surface area (Å²) in [7, 11) is -1.98. The molecule has 3 unspecified atom stereocenters. The molecular weight excluding hydrogens is 281 g/mol. The van der Waals surface area contributed by atoms with Gasteiger partial charge >= 0.3 is 0 Å². The van der Waals surface area contributed by atoms with Crippen molar-refractivity contribution in [2.45, 2.75) is 18.1 Å². The third-order valence-electron chi connectivity index (χ3n) is 3.84. The zero-order chi connectivity index (χ0) is 15.0. The van der Waals surface area contributed by atoms with Gasteiger partial charge in [-0.25, -0.2) is 12.8 Å². The van der Waals surface area contributed by atoms with Crippen molar-refractivity contribution in [2.24, 2.45) is 5.41 Å². The first-order valence-corrected chi connectivity index (χ1v) is 8.01. The fourth-order valence-electron chi connectivity index (χ4n) is 2.86. The summed E-state index contributed by atoms with van der Waals surface area (Å²) in [4.78, 5) is 0. The van der Waals surface area contributed by atoms with E-state index in [-0.39, 0.29) is 12.4 Å². The van der Waals surface area contributed by atoms with Gasteiger partial charge in [0.2, 0.25) is 0 Å². The van der Waals surface area contributed by atoms with Gasteiger partial charge in [0, 0.05) is 18.8 Å². The molecule has 3 atom stereocenters. The van der Waals surface area contributed by atoms with Crippen LogP contribution in [0.15, 0.2) is 24.3 Å². The number of nitriles is 1. The van der Waals surface area contributed by atoms with Crippen LogP contribution in [0.2, 0.25) is 0 Å². The van der Waals surface area contributed by atoms with Crippen LogP contribution in [0.5, 0.6) is 0 Å². The molecule has 0 N–H and O–H groups in total. The maximum absolute atomic E-state index is 13.3. The number of hydrogen-bond donors (Lipinski definition) is 0. The lowest BCUT2D eigenvalue weighted by molar-refractivity contribution is 0.162. The number of sulfone groups is 1. The van der Waals surface area contributed by atoms with Gasteiger partial charge < -0.3 is 4.74 Å². The van der Waals surface area contributed by atoms with E-state index < -0.39 is 32.2 Å². The van der Waals surface area contributed by atoms with Gasteiger partial charge in [-0.15, -0.1) is 0 Å². The molecule has 20 heavy (non-hydrogen) atoms. The van der Waals surface area contributed by atoms with E-state index in [1.807, 2.05) is 0 Å². The number of halogens is 1. The number of rotatable bonds is 5. The molecule has 0 radical (unpaired) electrons. The highest BCUT2D eigenvalue weighted by Crippen LogP contribution is 2.62. The summed E-state index contributed by atoms with van der Waals surface area (Å²) in [6.45, 7) is 1.57. The zero-order valence-corrected chi connectivity index (χ0v) is 12.2. The smallest absolute Gasteiger partial charge is 0.155 e. The van der Waals surface area contributed by atoms with Gasteiger partial charge in [-0.2, -0.15) is 5.26 Å². The SMILES string of the molecule is CCS(=O)(=O)C1C(c2cccc(F)c2)C1(C#N)COC. The molecule has 0 bridgehead atoms. The Morgan fingerprint density at radius 1 is 1.50 bits per heavy atom. The normalized spacial score (nSPS) is 28.9. The number of nitrogens with zero attached hydrogens (tertiary/aromatic N) is 1. The monoisotopic (exact) mass is 297 g/mol. The van der Waals surface area contributed by atoms with Gasteiger partial charge in [-0.3, -0.25) is 0 Å². The Bertz CT molecular complexity index is 653. The van der Waals surface area contributed by atoms with Gasteiger partial charge in [-0.1, -0.05) is 19.1 Å². The van der Waals surface area contributed by atoms with E-state index in [9.17, 15) is 18.1 Å². The highest BCUT2D eigenvalue weighted by molar-refractivity contribution is 7.92. The van der Waals surface area contributed by atoms with E-state index in [0.29, 0.717) is 5.56 Å². The number of hydrogen-bond acceptors (Lipinski definition) is 4. The van der Waals surface area contributed by atoms with E-state index >= 15 is 0 Å². The van der Waals surface area contributed by atoms with Crippen LogP contribution in [0.3, 0.4) is 0 Å². The van der Waals surface area contributed by atoms with E-state index in [2.05, 4.69) is 6.07 Å². The summed E-state index contributed by atoms with van der Waals surface area (Å²) in [5.74, 6) is -1.02. The Morgan fingerprint density at radius 2 is 2.20 bits per heavy atom. The van der Waals surface area contributed by atoms with Crippen LogP contribution < -0.4 is 0 Å². The van der Waals surface area contributed by atoms with Crippen LogP contribution in [0.25, 0.3) is 0 Å². The molecule has 6 heteroatoms. The molecule has 1 saturated carbocycles. The van der Waals surface area contributed by atoms with E-state index in [4.69, 9.17) is 4.74 Å². The first kappa shape index (κ1) is 14.9. The zero-order valence-electron chi connectivity index (χ0n) is 11.3. The minimum Gasteiger partial charge on any atom is -0.383 e. The summed E-state index contributed by atoms with van der Waals surface area (Å²) < 4.78 is 42.7. The number of methoxy groups -OCH3 is 1. The molecule has 0 saturated heterocycles. The lowest BCUT2D eigenvalue weighted by atomic mass is 10.0. The molecule has 4 nitrogen and oxygen atoms in total. The highest BCUT2D eigenvalue weighted by atomic mass is 32.2. The Morgan fingerprint density at radius 3 is 2.70 bits per heavy atom. The van der Waals surface area contributed by atoms with Gasteiger partial charge in [0.05, 0.1) is 17.9 Å². The molecule has 1 aliphatic rings. The minimum atomic E-state index is -3.40. The number of benzene rings is 1.